The number of aromatic amines is 1. The molecule has 28 heavy (non-hydrogen) atoms. The summed E-state index contributed by atoms with van der Waals surface area (Å²) in [5.74, 6) is 1.31. The van der Waals surface area contributed by atoms with Crippen LogP contribution in [-0.4, -0.2) is 60.2 Å². The van der Waals surface area contributed by atoms with Crippen LogP contribution in [0.5, 0.6) is 0 Å². The van der Waals surface area contributed by atoms with E-state index in [2.05, 4.69) is 15.3 Å². The summed E-state index contributed by atoms with van der Waals surface area (Å²) in [7, 11) is 0. The van der Waals surface area contributed by atoms with Crippen LogP contribution in [0.25, 0.3) is 16.8 Å². The SMILES string of the molecule is CC(C)(C)OC(=O)N1CCSC(c2cc(N)n3ncc(-c4cn[nH]c4)c3n2)C1. The zero-order chi connectivity index (χ0) is 19.9. The van der Waals surface area contributed by atoms with E-state index in [-0.39, 0.29) is 11.3 Å². The van der Waals surface area contributed by atoms with E-state index in [1.807, 2.05) is 26.8 Å². The number of anilines is 1. The average Bonchev–Trinajstić information content (AvgIpc) is 3.29. The van der Waals surface area contributed by atoms with Crippen molar-refractivity contribution in [2.45, 2.75) is 31.6 Å². The van der Waals surface area contributed by atoms with Crippen LogP contribution in [0.4, 0.5) is 10.6 Å². The Hall–Kier alpha value is -2.75. The Bertz CT molecular complexity index is 993. The number of nitrogens with two attached hydrogens (primary N) is 1. The van der Waals surface area contributed by atoms with Crippen LogP contribution in [0.15, 0.2) is 24.7 Å². The van der Waals surface area contributed by atoms with Gasteiger partial charge in [-0.15, -0.1) is 11.8 Å². The van der Waals surface area contributed by atoms with Crippen molar-refractivity contribution >= 4 is 29.3 Å². The molecule has 148 valence electrons. The van der Waals surface area contributed by atoms with Crippen molar-refractivity contribution in [1.29, 1.82) is 0 Å². The van der Waals surface area contributed by atoms with E-state index in [9.17, 15) is 4.79 Å². The molecule has 1 unspecified atom stereocenters. The number of nitrogens with one attached hydrogen (secondary N) is 1. The highest BCUT2D eigenvalue weighted by Gasteiger charge is 2.30. The number of ether oxygens (including phenoxy) is 1. The molecule has 9 nitrogen and oxygen atoms in total. The summed E-state index contributed by atoms with van der Waals surface area (Å²) < 4.78 is 7.14. The van der Waals surface area contributed by atoms with Gasteiger partial charge < -0.3 is 15.4 Å². The molecule has 3 aromatic rings. The molecular formula is C18H23N7O2S. The van der Waals surface area contributed by atoms with Crippen LogP contribution in [0.2, 0.25) is 0 Å². The smallest absolute Gasteiger partial charge is 0.410 e. The Balaban J connectivity index is 1.63. The van der Waals surface area contributed by atoms with Crippen molar-refractivity contribution in [2.75, 3.05) is 24.6 Å². The van der Waals surface area contributed by atoms with Crippen LogP contribution in [0, 0.1) is 0 Å². The van der Waals surface area contributed by atoms with Gasteiger partial charge in [0.05, 0.1) is 23.3 Å². The first kappa shape index (κ1) is 18.6. The Kier molecular flexibility index (Phi) is 4.66. The van der Waals surface area contributed by atoms with Crippen LogP contribution in [-0.2, 0) is 4.74 Å². The maximum Gasteiger partial charge on any atom is 0.410 e. The summed E-state index contributed by atoms with van der Waals surface area (Å²) in [5.41, 5.74) is 8.96. The van der Waals surface area contributed by atoms with Gasteiger partial charge in [0.25, 0.3) is 0 Å². The first-order valence-corrected chi connectivity index (χ1v) is 10.1. The second kappa shape index (κ2) is 7.01. The number of amides is 1. The van der Waals surface area contributed by atoms with E-state index < -0.39 is 5.60 Å². The summed E-state index contributed by atoms with van der Waals surface area (Å²) in [6, 6.07) is 1.83. The van der Waals surface area contributed by atoms with E-state index in [4.69, 9.17) is 15.5 Å². The fourth-order valence-corrected chi connectivity index (χ4v) is 4.28. The van der Waals surface area contributed by atoms with Crippen LogP contribution in [0.1, 0.15) is 31.7 Å². The van der Waals surface area contributed by atoms with Crippen molar-refractivity contribution in [3.05, 3.63) is 30.4 Å². The number of thioether (sulfide) groups is 1. The quantitative estimate of drug-likeness (QED) is 0.678. The van der Waals surface area contributed by atoms with Crippen molar-refractivity contribution in [1.82, 2.24) is 29.7 Å². The second-order valence-corrected chi connectivity index (χ2v) is 8.98. The summed E-state index contributed by atoms with van der Waals surface area (Å²) in [6.07, 6.45) is 4.95. The van der Waals surface area contributed by atoms with Gasteiger partial charge in [-0.3, -0.25) is 5.10 Å². The molecule has 1 atom stereocenters. The van der Waals surface area contributed by atoms with E-state index in [0.29, 0.717) is 24.6 Å². The Morgan fingerprint density at radius 1 is 1.39 bits per heavy atom. The third kappa shape index (κ3) is 3.64. The molecule has 3 aromatic heterocycles. The minimum Gasteiger partial charge on any atom is -0.444 e. The molecule has 1 aliphatic rings. The number of nitrogens with zero attached hydrogens (tertiary/aromatic N) is 5. The Morgan fingerprint density at radius 3 is 2.93 bits per heavy atom. The number of carbonyl (C=O) groups is 1. The molecule has 4 heterocycles. The number of nitrogen functional groups attached to an aromatic ring is 1. The normalized spacial score (nSPS) is 17.8. The Morgan fingerprint density at radius 2 is 2.21 bits per heavy atom. The predicted octanol–water partition coefficient (Wildman–Crippen LogP) is 2.73. The van der Waals surface area contributed by atoms with E-state index >= 15 is 0 Å². The van der Waals surface area contributed by atoms with Gasteiger partial charge in [-0.2, -0.15) is 14.7 Å². The zero-order valence-corrected chi connectivity index (χ0v) is 16.9. The number of carbonyl (C=O) groups excluding carboxylic acids is 1. The Labute approximate surface area is 166 Å². The van der Waals surface area contributed by atoms with Crippen LogP contribution in [0.3, 0.4) is 0 Å². The number of fused-ring (bicyclic) bond motifs is 1. The molecule has 10 heteroatoms. The summed E-state index contributed by atoms with van der Waals surface area (Å²) in [5, 5.41) is 11.2. The lowest BCUT2D eigenvalue weighted by molar-refractivity contribution is 0.0256. The zero-order valence-electron chi connectivity index (χ0n) is 16.0. The van der Waals surface area contributed by atoms with Gasteiger partial charge in [0.1, 0.15) is 11.4 Å². The maximum atomic E-state index is 12.5. The van der Waals surface area contributed by atoms with Gasteiger partial charge in [-0.1, -0.05) is 0 Å². The van der Waals surface area contributed by atoms with E-state index in [1.54, 1.807) is 39.8 Å². The fourth-order valence-electron chi connectivity index (χ4n) is 3.09. The summed E-state index contributed by atoms with van der Waals surface area (Å²) in [6.45, 7) is 6.79. The van der Waals surface area contributed by atoms with E-state index in [1.165, 1.54) is 0 Å². The average molecular weight is 401 g/mol. The molecule has 0 aromatic carbocycles. The molecule has 4 rings (SSSR count). The molecule has 0 spiro atoms. The fraction of sp³-hybridized carbons (Fsp3) is 0.444. The lowest BCUT2D eigenvalue weighted by Gasteiger charge is -2.33. The van der Waals surface area contributed by atoms with Crippen molar-refractivity contribution in [3.63, 3.8) is 0 Å². The standard InChI is InChI=1S/C18H23N7O2S/c1-18(2,3)27-17(26)24-4-5-28-14(10-24)13-6-15(19)25-16(23-13)12(9-22-25)11-7-20-21-8-11/h6-9,14H,4-5,10,19H2,1-3H3,(H,20,21). The van der Waals surface area contributed by atoms with Gasteiger partial charge in [-0.25, -0.2) is 9.78 Å². The van der Waals surface area contributed by atoms with Crippen LogP contribution < -0.4 is 5.73 Å². The topological polar surface area (TPSA) is 114 Å². The lowest BCUT2D eigenvalue weighted by Crippen LogP contribution is -2.42. The number of H-pyrrole nitrogens is 1. The van der Waals surface area contributed by atoms with Gasteiger partial charge >= 0.3 is 6.09 Å². The first-order valence-electron chi connectivity index (χ1n) is 9.04. The highest BCUT2D eigenvalue weighted by Crippen LogP contribution is 2.35. The van der Waals surface area contributed by atoms with Gasteiger partial charge in [0.2, 0.25) is 0 Å². The van der Waals surface area contributed by atoms with Crippen LogP contribution >= 0.6 is 11.8 Å². The van der Waals surface area contributed by atoms with Gasteiger partial charge in [-0.05, 0) is 20.8 Å². The molecule has 1 amide bonds. The molecule has 0 radical (unpaired) electrons. The molecule has 1 aliphatic heterocycles. The number of rotatable bonds is 2. The highest BCUT2D eigenvalue weighted by atomic mass is 32.2. The molecule has 1 fully saturated rings. The molecular weight excluding hydrogens is 378 g/mol. The third-order valence-corrected chi connectivity index (χ3v) is 5.59. The monoisotopic (exact) mass is 401 g/mol. The molecule has 0 bridgehead atoms. The molecule has 1 saturated heterocycles. The number of hydrogen-bond donors (Lipinski definition) is 2. The van der Waals surface area contributed by atoms with Crippen molar-refractivity contribution < 1.29 is 9.53 Å². The summed E-state index contributed by atoms with van der Waals surface area (Å²) in [4.78, 5) is 19.0. The van der Waals surface area contributed by atoms with Crippen molar-refractivity contribution in [2.24, 2.45) is 0 Å². The lowest BCUT2D eigenvalue weighted by atomic mass is 10.2. The minimum atomic E-state index is -0.518. The maximum absolute atomic E-state index is 12.5. The highest BCUT2D eigenvalue weighted by molar-refractivity contribution is 7.99. The molecule has 0 aliphatic carbocycles. The minimum absolute atomic E-state index is 0.0145. The summed E-state index contributed by atoms with van der Waals surface area (Å²) >= 11 is 1.76. The third-order valence-electron chi connectivity index (χ3n) is 4.38. The largest absolute Gasteiger partial charge is 0.444 e. The van der Waals surface area contributed by atoms with Crippen molar-refractivity contribution in [3.8, 4) is 11.1 Å². The number of aromatic nitrogens is 5. The predicted molar refractivity (Wildman–Crippen MR) is 108 cm³/mol. The van der Waals surface area contributed by atoms with E-state index in [0.717, 1.165) is 22.6 Å². The molecule has 3 N–H and O–H groups in total. The number of hydrogen-bond acceptors (Lipinski definition) is 7. The molecule has 0 saturated carbocycles. The van der Waals surface area contributed by atoms with Gasteiger partial charge in [0.15, 0.2) is 5.65 Å². The first-order chi connectivity index (χ1) is 13.3. The van der Waals surface area contributed by atoms with Gasteiger partial charge in [0, 0.05) is 42.2 Å². The second-order valence-electron chi connectivity index (χ2n) is 7.67.